The molecule has 0 aliphatic carbocycles. The number of aromatic carboxylic acids is 1. The van der Waals surface area contributed by atoms with Crippen molar-refractivity contribution in [2.24, 2.45) is 0 Å². The van der Waals surface area contributed by atoms with Crippen LogP contribution in [0, 0.1) is 19.7 Å². The van der Waals surface area contributed by atoms with E-state index in [1.54, 1.807) is 0 Å². The highest BCUT2D eigenvalue weighted by molar-refractivity contribution is 7.15. The Labute approximate surface area is 107 Å². The molecule has 18 heavy (non-hydrogen) atoms. The van der Waals surface area contributed by atoms with Gasteiger partial charge < -0.3 is 10.4 Å². The first-order chi connectivity index (χ1) is 8.49. The number of nitrogens with zero attached hydrogens (tertiary/aromatic N) is 1. The van der Waals surface area contributed by atoms with E-state index in [0.29, 0.717) is 5.13 Å². The Hall–Kier alpha value is -1.95. The van der Waals surface area contributed by atoms with Crippen LogP contribution in [0.1, 0.15) is 20.9 Å². The second-order valence-electron chi connectivity index (χ2n) is 3.75. The molecule has 6 heteroatoms. The van der Waals surface area contributed by atoms with Crippen molar-refractivity contribution in [3.05, 3.63) is 40.2 Å². The first-order valence-corrected chi connectivity index (χ1v) is 6.03. The monoisotopic (exact) mass is 266 g/mol. The number of benzene rings is 1. The normalized spacial score (nSPS) is 10.4. The number of aromatic nitrogens is 1. The highest BCUT2D eigenvalue weighted by atomic mass is 32.1. The molecular weight excluding hydrogens is 255 g/mol. The highest BCUT2D eigenvalue weighted by Crippen LogP contribution is 2.28. The lowest BCUT2D eigenvalue weighted by Gasteiger charge is -2.07. The van der Waals surface area contributed by atoms with Gasteiger partial charge in [-0.3, -0.25) is 0 Å². The minimum absolute atomic E-state index is 0.0567. The number of nitrogens with one attached hydrogen (secondary N) is 1. The Bertz CT molecular complexity index is 591. The zero-order chi connectivity index (χ0) is 13.3. The van der Waals surface area contributed by atoms with Crippen LogP contribution in [-0.2, 0) is 0 Å². The average Bonchev–Trinajstić information content (AvgIpc) is 2.60. The van der Waals surface area contributed by atoms with Gasteiger partial charge in [0.2, 0.25) is 0 Å². The van der Waals surface area contributed by atoms with E-state index in [9.17, 15) is 9.18 Å². The van der Waals surface area contributed by atoms with Gasteiger partial charge in [-0.2, -0.15) is 0 Å². The fourth-order valence-electron chi connectivity index (χ4n) is 1.46. The second kappa shape index (κ2) is 4.73. The van der Waals surface area contributed by atoms with Gasteiger partial charge in [-0.1, -0.05) is 6.07 Å². The van der Waals surface area contributed by atoms with Gasteiger partial charge in [0, 0.05) is 4.88 Å². The van der Waals surface area contributed by atoms with E-state index in [1.807, 2.05) is 13.8 Å². The van der Waals surface area contributed by atoms with Crippen LogP contribution in [0.25, 0.3) is 0 Å². The summed E-state index contributed by atoms with van der Waals surface area (Å²) in [7, 11) is 0. The molecule has 1 aromatic carbocycles. The van der Waals surface area contributed by atoms with Gasteiger partial charge in [0.05, 0.1) is 16.9 Å². The molecule has 2 rings (SSSR count). The van der Waals surface area contributed by atoms with Gasteiger partial charge >= 0.3 is 5.97 Å². The maximum atomic E-state index is 13.7. The Morgan fingerprint density at radius 1 is 1.44 bits per heavy atom. The molecule has 2 N–H and O–H groups in total. The zero-order valence-electron chi connectivity index (χ0n) is 9.82. The third-order valence-corrected chi connectivity index (χ3v) is 3.49. The third-order valence-electron chi connectivity index (χ3n) is 2.50. The minimum atomic E-state index is -1.18. The summed E-state index contributed by atoms with van der Waals surface area (Å²) < 4.78 is 13.7. The molecule has 0 amide bonds. The van der Waals surface area contributed by atoms with Crippen LogP contribution in [0.3, 0.4) is 0 Å². The number of para-hydroxylation sites is 1. The molecule has 0 saturated heterocycles. The molecule has 0 fully saturated rings. The Morgan fingerprint density at radius 2 is 2.17 bits per heavy atom. The van der Waals surface area contributed by atoms with E-state index in [0.717, 1.165) is 10.6 Å². The molecule has 0 atom stereocenters. The number of aryl methyl sites for hydroxylation is 2. The number of thiazole rings is 1. The summed E-state index contributed by atoms with van der Waals surface area (Å²) in [5, 5.41) is 12.2. The van der Waals surface area contributed by atoms with Crippen LogP contribution in [0.5, 0.6) is 0 Å². The lowest BCUT2D eigenvalue weighted by atomic mass is 10.1. The van der Waals surface area contributed by atoms with Crippen molar-refractivity contribution in [3.8, 4) is 0 Å². The summed E-state index contributed by atoms with van der Waals surface area (Å²) >= 11 is 1.36. The smallest absolute Gasteiger partial charge is 0.337 e. The van der Waals surface area contributed by atoms with E-state index in [1.165, 1.54) is 29.5 Å². The van der Waals surface area contributed by atoms with Gasteiger partial charge in [-0.15, -0.1) is 11.3 Å². The Balaban J connectivity index is 2.42. The van der Waals surface area contributed by atoms with Crippen LogP contribution in [0.2, 0.25) is 0 Å². The first kappa shape index (κ1) is 12.5. The maximum absolute atomic E-state index is 13.7. The number of halogens is 1. The number of carbonyl (C=O) groups is 1. The van der Waals surface area contributed by atoms with Crippen LogP contribution >= 0.6 is 11.3 Å². The number of hydrogen-bond donors (Lipinski definition) is 2. The van der Waals surface area contributed by atoms with E-state index >= 15 is 0 Å². The van der Waals surface area contributed by atoms with Crippen molar-refractivity contribution >= 4 is 28.1 Å². The highest BCUT2D eigenvalue weighted by Gasteiger charge is 2.15. The third kappa shape index (κ3) is 2.33. The fraction of sp³-hybridized carbons (Fsp3) is 0.167. The van der Waals surface area contributed by atoms with Gasteiger partial charge in [0.25, 0.3) is 0 Å². The molecular formula is C12H11FN2O2S. The lowest BCUT2D eigenvalue weighted by molar-refractivity contribution is 0.0697. The van der Waals surface area contributed by atoms with Crippen molar-refractivity contribution in [1.29, 1.82) is 0 Å². The minimum Gasteiger partial charge on any atom is -0.478 e. The van der Waals surface area contributed by atoms with E-state index in [-0.39, 0.29) is 11.3 Å². The summed E-state index contributed by atoms with van der Waals surface area (Å²) in [6.45, 7) is 3.74. The summed E-state index contributed by atoms with van der Waals surface area (Å²) in [6, 6.07) is 3.92. The molecule has 1 heterocycles. The van der Waals surface area contributed by atoms with Crippen molar-refractivity contribution in [2.75, 3.05) is 5.32 Å². The second-order valence-corrected chi connectivity index (χ2v) is 4.96. The lowest BCUT2D eigenvalue weighted by Crippen LogP contribution is -2.04. The topological polar surface area (TPSA) is 62.2 Å². The molecule has 4 nitrogen and oxygen atoms in total. The fourth-order valence-corrected chi connectivity index (χ4v) is 2.28. The van der Waals surface area contributed by atoms with Gasteiger partial charge in [0.15, 0.2) is 5.13 Å². The van der Waals surface area contributed by atoms with Crippen molar-refractivity contribution in [1.82, 2.24) is 4.98 Å². The largest absolute Gasteiger partial charge is 0.478 e. The predicted octanol–water partition coefficient (Wildman–Crippen LogP) is 3.34. The SMILES string of the molecule is Cc1nc(Nc2c(F)cccc2C(=O)O)sc1C. The molecule has 94 valence electrons. The summed E-state index contributed by atoms with van der Waals surface area (Å²) in [5.41, 5.74) is 0.676. The van der Waals surface area contributed by atoms with E-state index in [4.69, 9.17) is 5.11 Å². The quantitative estimate of drug-likeness (QED) is 0.894. The average molecular weight is 266 g/mol. The van der Waals surface area contributed by atoms with Crippen LogP contribution < -0.4 is 5.32 Å². The van der Waals surface area contributed by atoms with Crippen molar-refractivity contribution < 1.29 is 14.3 Å². The Kier molecular flexibility index (Phi) is 3.29. The summed E-state index contributed by atoms with van der Waals surface area (Å²) in [5.74, 6) is -1.79. The number of anilines is 2. The number of hydrogen-bond acceptors (Lipinski definition) is 4. The molecule has 0 unspecified atom stereocenters. The molecule has 0 radical (unpaired) electrons. The molecule has 0 bridgehead atoms. The van der Waals surface area contributed by atoms with E-state index < -0.39 is 11.8 Å². The standard InChI is InChI=1S/C12H11FN2O2S/c1-6-7(2)18-12(14-6)15-10-8(11(16)17)4-3-5-9(10)13/h3-5H,1-2H3,(H,14,15)(H,16,17). The molecule has 0 spiro atoms. The van der Waals surface area contributed by atoms with E-state index in [2.05, 4.69) is 10.3 Å². The number of carboxylic acids is 1. The van der Waals surface area contributed by atoms with Crippen LogP contribution in [-0.4, -0.2) is 16.1 Å². The van der Waals surface area contributed by atoms with Crippen LogP contribution in [0.15, 0.2) is 18.2 Å². The molecule has 1 aromatic heterocycles. The maximum Gasteiger partial charge on any atom is 0.337 e. The molecule has 0 aliphatic rings. The van der Waals surface area contributed by atoms with Crippen LogP contribution in [0.4, 0.5) is 15.2 Å². The summed E-state index contributed by atoms with van der Waals surface area (Å²) in [4.78, 5) is 16.2. The first-order valence-electron chi connectivity index (χ1n) is 5.22. The molecule has 0 saturated carbocycles. The van der Waals surface area contributed by atoms with Gasteiger partial charge in [0.1, 0.15) is 5.82 Å². The number of carboxylic acid groups (broad SMARTS) is 1. The molecule has 2 aromatic rings. The van der Waals surface area contributed by atoms with Gasteiger partial charge in [-0.25, -0.2) is 14.2 Å². The molecule has 0 aliphatic heterocycles. The van der Waals surface area contributed by atoms with Crippen molar-refractivity contribution in [2.45, 2.75) is 13.8 Å². The zero-order valence-corrected chi connectivity index (χ0v) is 10.6. The Morgan fingerprint density at radius 3 is 2.72 bits per heavy atom. The number of rotatable bonds is 3. The summed E-state index contributed by atoms with van der Waals surface area (Å²) in [6.07, 6.45) is 0. The van der Waals surface area contributed by atoms with Crippen molar-refractivity contribution in [3.63, 3.8) is 0 Å². The van der Waals surface area contributed by atoms with Gasteiger partial charge in [-0.05, 0) is 26.0 Å². The predicted molar refractivity (Wildman–Crippen MR) is 68.2 cm³/mol.